The Morgan fingerprint density at radius 2 is 2.25 bits per heavy atom. The SMILES string of the molecule is C1COCC(CN2CCC3NCCC3C2)C1. The summed E-state index contributed by atoms with van der Waals surface area (Å²) in [4.78, 5) is 2.69. The van der Waals surface area contributed by atoms with E-state index >= 15 is 0 Å². The third-order valence-corrected chi connectivity index (χ3v) is 4.51. The average Bonchev–Trinajstić information content (AvgIpc) is 2.77. The highest BCUT2D eigenvalue weighted by molar-refractivity contribution is 4.90. The number of nitrogens with zero attached hydrogens (tertiary/aromatic N) is 1. The molecular weight excluding hydrogens is 200 g/mol. The molecule has 3 rings (SSSR count). The molecular formula is C13H24N2O. The molecule has 3 atom stereocenters. The van der Waals surface area contributed by atoms with E-state index in [9.17, 15) is 0 Å². The monoisotopic (exact) mass is 224 g/mol. The van der Waals surface area contributed by atoms with Crippen LogP contribution in [0.5, 0.6) is 0 Å². The van der Waals surface area contributed by atoms with Crippen molar-refractivity contribution in [2.75, 3.05) is 39.4 Å². The quantitative estimate of drug-likeness (QED) is 0.760. The highest BCUT2D eigenvalue weighted by Gasteiger charge is 2.33. The minimum Gasteiger partial charge on any atom is -0.381 e. The highest BCUT2D eigenvalue weighted by Crippen LogP contribution is 2.26. The molecule has 3 saturated heterocycles. The van der Waals surface area contributed by atoms with Gasteiger partial charge in [-0.3, -0.25) is 0 Å². The van der Waals surface area contributed by atoms with Gasteiger partial charge in [-0.25, -0.2) is 0 Å². The lowest BCUT2D eigenvalue weighted by Crippen LogP contribution is -2.46. The maximum atomic E-state index is 5.57. The number of ether oxygens (including phenoxy) is 1. The Hall–Kier alpha value is -0.120. The summed E-state index contributed by atoms with van der Waals surface area (Å²) < 4.78 is 5.57. The van der Waals surface area contributed by atoms with Gasteiger partial charge in [0.15, 0.2) is 0 Å². The molecule has 0 radical (unpaired) electrons. The zero-order valence-corrected chi connectivity index (χ0v) is 10.2. The van der Waals surface area contributed by atoms with Gasteiger partial charge in [0.25, 0.3) is 0 Å². The van der Waals surface area contributed by atoms with E-state index in [0.29, 0.717) is 0 Å². The van der Waals surface area contributed by atoms with E-state index in [0.717, 1.165) is 31.1 Å². The van der Waals surface area contributed by atoms with Gasteiger partial charge in [0, 0.05) is 25.7 Å². The van der Waals surface area contributed by atoms with Gasteiger partial charge in [-0.05, 0) is 50.6 Å². The fourth-order valence-electron chi connectivity index (χ4n) is 3.61. The zero-order chi connectivity index (χ0) is 10.8. The minimum absolute atomic E-state index is 0.805. The molecule has 0 saturated carbocycles. The largest absolute Gasteiger partial charge is 0.381 e. The van der Waals surface area contributed by atoms with Crippen LogP contribution in [0.15, 0.2) is 0 Å². The summed E-state index contributed by atoms with van der Waals surface area (Å²) in [7, 11) is 0. The van der Waals surface area contributed by atoms with Crippen molar-refractivity contribution in [3.8, 4) is 0 Å². The molecule has 0 spiro atoms. The smallest absolute Gasteiger partial charge is 0.0506 e. The summed E-state index contributed by atoms with van der Waals surface area (Å²) in [5.41, 5.74) is 0. The molecule has 0 aromatic heterocycles. The fourth-order valence-corrected chi connectivity index (χ4v) is 3.61. The zero-order valence-electron chi connectivity index (χ0n) is 10.2. The molecule has 3 unspecified atom stereocenters. The van der Waals surface area contributed by atoms with Gasteiger partial charge < -0.3 is 15.0 Å². The van der Waals surface area contributed by atoms with E-state index in [1.807, 2.05) is 0 Å². The van der Waals surface area contributed by atoms with E-state index in [4.69, 9.17) is 4.74 Å². The maximum Gasteiger partial charge on any atom is 0.0506 e. The topological polar surface area (TPSA) is 24.5 Å². The first kappa shape index (κ1) is 11.0. The molecule has 3 fully saturated rings. The van der Waals surface area contributed by atoms with E-state index in [-0.39, 0.29) is 0 Å². The van der Waals surface area contributed by atoms with Crippen LogP contribution in [0.3, 0.4) is 0 Å². The van der Waals surface area contributed by atoms with Crippen molar-refractivity contribution >= 4 is 0 Å². The van der Waals surface area contributed by atoms with Gasteiger partial charge >= 0.3 is 0 Å². The van der Waals surface area contributed by atoms with Crippen molar-refractivity contribution in [3.05, 3.63) is 0 Å². The number of hydrogen-bond donors (Lipinski definition) is 1. The number of hydrogen-bond acceptors (Lipinski definition) is 3. The number of piperidine rings is 1. The van der Waals surface area contributed by atoms with E-state index in [2.05, 4.69) is 10.2 Å². The molecule has 0 aromatic carbocycles. The van der Waals surface area contributed by atoms with Crippen molar-refractivity contribution in [3.63, 3.8) is 0 Å². The summed E-state index contributed by atoms with van der Waals surface area (Å²) in [6.07, 6.45) is 5.40. The van der Waals surface area contributed by atoms with Crippen molar-refractivity contribution in [1.29, 1.82) is 0 Å². The standard InChI is InChI=1S/C13H24N2O/c1-2-11(10-16-7-1)8-15-6-4-13-12(9-15)3-5-14-13/h11-14H,1-10H2. The number of likely N-dealkylation sites (tertiary alicyclic amines) is 1. The summed E-state index contributed by atoms with van der Waals surface area (Å²) in [6.45, 7) is 7.14. The molecule has 3 aliphatic rings. The number of nitrogens with one attached hydrogen (secondary N) is 1. The van der Waals surface area contributed by atoms with Gasteiger partial charge in [0.1, 0.15) is 0 Å². The molecule has 3 aliphatic heterocycles. The van der Waals surface area contributed by atoms with Gasteiger partial charge in [-0.15, -0.1) is 0 Å². The van der Waals surface area contributed by atoms with Crippen LogP contribution in [0.25, 0.3) is 0 Å². The summed E-state index contributed by atoms with van der Waals surface area (Å²) >= 11 is 0. The highest BCUT2D eigenvalue weighted by atomic mass is 16.5. The molecule has 0 bridgehead atoms. The van der Waals surface area contributed by atoms with Crippen LogP contribution in [0, 0.1) is 11.8 Å². The maximum absolute atomic E-state index is 5.57. The second-order valence-corrected chi connectivity index (χ2v) is 5.74. The third kappa shape index (κ3) is 2.41. The van der Waals surface area contributed by atoms with E-state index in [1.165, 1.54) is 51.9 Å². The molecule has 3 heterocycles. The van der Waals surface area contributed by atoms with Crippen molar-refractivity contribution in [2.24, 2.45) is 11.8 Å². The van der Waals surface area contributed by atoms with Gasteiger partial charge in [0.05, 0.1) is 6.61 Å². The van der Waals surface area contributed by atoms with Crippen LogP contribution in [0.4, 0.5) is 0 Å². The summed E-state index contributed by atoms with van der Waals surface area (Å²) in [5, 5.41) is 3.63. The van der Waals surface area contributed by atoms with Crippen LogP contribution in [0.2, 0.25) is 0 Å². The Morgan fingerprint density at radius 1 is 1.25 bits per heavy atom. The third-order valence-electron chi connectivity index (χ3n) is 4.51. The van der Waals surface area contributed by atoms with Crippen molar-refractivity contribution in [2.45, 2.75) is 31.7 Å². The van der Waals surface area contributed by atoms with Crippen LogP contribution >= 0.6 is 0 Å². The summed E-state index contributed by atoms with van der Waals surface area (Å²) in [6, 6.07) is 0.832. The number of rotatable bonds is 2. The van der Waals surface area contributed by atoms with Crippen LogP contribution in [0.1, 0.15) is 25.7 Å². The molecule has 3 nitrogen and oxygen atoms in total. The first-order valence-corrected chi connectivity index (χ1v) is 6.95. The average molecular weight is 224 g/mol. The minimum atomic E-state index is 0.805. The Kier molecular flexibility index (Phi) is 3.46. The molecule has 0 aromatic rings. The molecule has 92 valence electrons. The second-order valence-electron chi connectivity index (χ2n) is 5.74. The molecule has 0 aliphatic carbocycles. The molecule has 16 heavy (non-hydrogen) atoms. The fraction of sp³-hybridized carbons (Fsp3) is 1.00. The van der Waals surface area contributed by atoms with E-state index in [1.54, 1.807) is 0 Å². The lowest BCUT2D eigenvalue weighted by molar-refractivity contribution is 0.0301. The predicted octanol–water partition coefficient (Wildman–Crippen LogP) is 1.10. The van der Waals surface area contributed by atoms with Crippen molar-refractivity contribution in [1.82, 2.24) is 10.2 Å². The first-order valence-electron chi connectivity index (χ1n) is 6.95. The Labute approximate surface area is 98.5 Å². The van der Waals surface area contributed by atoms with Crippen LogP contribution < -0.4 is 5.32 Å². The predicted molar refractivity (Wildman–Crippen MR) is 64.5 cm³/mol. The van der Waals surface area contributed by atoms with Gasteiger partial charge in [-0.2, -0.15) is 0 Å². The lowest BCUT2D eigenvalue weighted by Gasteiger charge is -2.37. The summed E-state index contributed by atoms with van der Waals surface area (Å²) in [5.74, 6) is 1.73. The van der Waals surface area contributed by atoms with Crippen LogP contribution in [-0.2, 0) is 4.74 Å². The van der Waals surface area contributed by atoms with Gasteiger partial charge in [0.2, 0.25) is 0 Å². The van der Waals surface area contributed by atoms with Crippen molar-refractivity contribution < 1.29 is 4.74 Å². The Morgan fingerprint density at radius 3 is 3.12 bits per heavy atom. The Bertz CT molecular complexity index is 228. The number of fused-ring (bicyclic) bond motifs is 1. The molecule has 0 amide bonds. The molecule has 1 N–H and O–H groups in total. The normalized spacial score (nSPS) is 40.9. The van der Waals surface area contributed by atoms with E-state index < -0.39 is 0 Å². The second kappa shape index (κ2) is 5.03. The lowest BCUT2D eigenvalue weighted by atomic mass is 9.92. The first-order chi connectivity index (χ1) is 7.92. The molecule has 3 heteroatoms. The van der Waals surface area contributed by atoms with Crippen LogP contribution in [-0.4, -0.2) is 50.3 Å². The Balaban J connectivity index is 1.48. The van der Waals surface area contributed by atoms with Gasteiger partial charge in [-0.1, -0.05) is 0 Å².